The van der Waals surface area contributed by atoms with E-state index in [-0.39, 0.29) is 13.1 Å². The van der Waals surface area contributed by atoms with E-state index in [9.17, 15) is 18.3 Å². The van der Waals surface area contributed by atoms with Crippen molar-refractivity contribution >= 4 is 17.3 Å². The summed E-state index contributed by atoms with van der Waals surface area (Å²) in [6.45, 7) is 4.50. The van der Waals surface area contributed by atoms with Crippen molar-refractivity contribution in [1.29, 1.82) is 0 Å². The molecule has 1 atom stereocenters. The summed E-state index contributed by atoms with van der Waals surface area (Å²) in [5, 5.41) is 18.5. The molecule has 1 unspecified atom stereocenters. The van der Waals surface area contributed by atoms with Crippen LogP contribution in [0.1, 0.15) is 29.9 Å². The molecule has 2 rings (SSSR count). The Bertz CT molecular complexity index is 728. The van der Waals surface area contributed by atoms with Gasteiger partial charge in [-0.25, -0.2) is 4.99 Å². The Morgan fingerprint density at radius 1 is 1.19 bits per heavy atom. The lowest BCUT2D eigenvalue weighted by Gasteiger charge is -2.23. The zero-order chi connectivity index (χ0) is 19.2. The number of halogens is 3. The van der Waals surface area contributed by atoms with Gasteiger partial charge < -0.3 is 15.7 Å². The van der Waals surface area contributed by atoms with Gasteiger partial charge in [0.2, 0.25) is 0 Å². The summed E-state index contributed by atoms with van der Waals surface area (Å²) in [4.78, 5) is 5.13. The topological polar surface area (TPSA) is 56.7 Å². The number of aliphatic hydroxyl groups is 1. The average Bonchev–Trinajstić information content (AvgIpc) is 3.12. The maximum absolute atomic E-state index is 12.8. The fourth-order valence-electron chi connectivity index (χ4n) is 2.29. The summed E-state index contributed by atoms with van der Waals surface area (Å²) in [7, 11) is 0. The van der Waals surface area contributed by atoms with Gasteiger partial charge in [0, 0.05) is 11.4 Å². The van der Waals surface area contributed by atoms with E-state index >= 15 is 0 Å². The van der Waals surface area contributed by atoms with Gasteiger partial charge in [0.05, 0.1) is 18.7 Å². The predicted octanol–water partition coefficient (Wildman–Crippen LogP) is 3.73. The van der Waals surface area contributed by atoms with Crippen molar-refractivity contribution in [2.45, 2.75) is 32.2 Å². The minimum atomic E-state index is -4.37. The van der Waals surface area contributed by atoms with Gasteiger partial charge in [0.15, 0.2) is 5.96 Å². The molecule has 3 N–H and O–H groups in total. The molecule has 0 aliphatic rings. The van der Waals surface area contributed by atoms with Crippen LogP contribution in [-0.2, 0) is 18.3 Å². The fraction of sp³-hybridized carbons (Fsp3) is 0.389. The Balaban J connectivity index is 2.05. The first kappa shape index (κ1) is 20.3. The second-order valence-corrected chi connectivity index (χ2v) is 6.95. The largest absolute Gasteiger partial charge is 0.416 e. The molecule has 1 heterocycles. The van der Waals surface area contributed by atoms with Crippen LogP contribution in [0.3, 0.4) is 0 Å². The zero-order valence-electron chi connectivity index (χ0n) is 14.6. The van der Waals surface area contributed by atoms with Crippen molar-refractivity contribution in [3.63, 3.8) is 0 Å². The number of benzene rings is 1. The first-order chi connectivity index (χ1) is 12.2. The molecule has 0 spiro atoms. The number of guanidine groups is 1. The van der Waals surface area contributed by atoms with Gasteiger partial charge in [0.25, 0.3) is 0 Å². The van der Waals surface area contributed by atoms with Gasteiger partial charge in [-0.15, -0.1) is 11.3 Å². The van der Waals surface area contributed by atoms with Crippen molar-refractivity contribution in [2.24, 2.45) is 4.99 Å². The van der Waals surface area contributed by atoms with Gasteiger partial charge in [-0.2, -0.15) is 13.2 Å². The first-order valence-electron chi connectivity index (χ1n) is 8.17. The number of rotatable bonds is 6. The Hall–Kier alpha value is -2.06. The van der Waals surface area contributed by atoms with Crippen LogP contribution in [0.15, 0.2) is 46.8 Å². The molecule has 8 heteroatoms. The molecule has 142 valence electrons. The number of nitrogens with zero attached hydrogens (tertiary/aromatic N) is 1. The normalized spacial score (nSPS) is 14.8. The summed E-state index contributed by atoms with van der Waals surface area (Å²) in [6, 6.07) is 8.81. The van der Waals surface area contributed by atoms with Crippen LogP contribution >= 0.6 is 11.3 Å². The molecule has 1 aromatic carbocycles. The molecule has 0 fully saturated rings. The lowest BCUT2D eigenvalue weighted by Crippen LogP contribution is -2.44. The Morgan fingerprint density at radius 3 is 2.58 bits per heavy atom. The number of hydrogen-bond acceptors (Lipinski definition) is 3. The standard InChI is InChI=1S/C18H22F3N3OS/c1-3-22-16(24-12-17(2,25)15-8-5-9-26-15)23-11-13-6-4-7-14(10-13)18(19,20)21/h4-10,25H,3,11-12H2,1-2H3,(H2,22,23,24). The molecule has 0 saturated carbocycles. The molecule has 0 radical (unpaired) electrons. The Morgan fingerprint density at radius 2 is 1.96 bits per heavy atom. The highest BCUT2D eigenvalue weighted by atomic mass is 32.1. The third-order valence-electron chi connectivity index (χ3n) is 3.67. The van der Waals surface area contributed by atoms with Crippen LogP contribution in [0, 0.1) is 0 Å². The molecule has 0 aliphatic carbocycles. The molecule has 26 heavy (non-hydrogen) atoms. The van der Waals surface area contributed by atoms with E-state index in [2.05, 4.69) is 15.6 Å². The summed E-state index contributed by atoms with van der Waals surface area (Å²) in [5.41, 5.74) is -1.30. The second kappa shape index (κ2) is 8.55. The van der Waals surface area contributed by atoms with Gasteiger partial charge in [-0.1, -0.05) is 18.2 Å². The van der Waals surface area contributed by atoms with Crippen LogP contribution in [0.5, 0.6) is 0 Å². The number of hydrogen-bond donors (Lipinski definition) is 3. The number of alkyl halides is 3. The SMILES string of the molecule is CCNC(=NCc1cccc(C(F)(F)F)c1)NCC(C)(O)c1cccs1. The highest BCUT2D eigenvalue weighted by Crippen LogP contribution is 2.29. The smallest absolute Gasteiger partial charge is 0.383 e. The molecule has 4 nitrogen and oxygen atoms in total. The quantitative estimate of drug-likeness (QED) is 0.525. The summed E-state index contributed by atoms with van der Waals surface area (Å²) >= 11 is 1.45. The minimum Gasteiger partial charge on any atom is -0.383 e. The van der Waals surface area contributed by atoms with E-state index in [1.807, 2.05) is 24.4 Å². The van der Waals surface area contributed by atoms with E-state index in [1.165, 1.54) is 17.4 Å². The fourth-order valence-corrected chi connectivity index (χ4v) is 3.07. The molecule has 2 aromatic rings. The maximum atomic E-state index is 12.8. The number of aliphatic imine (C=N–C) groups is 1. The van der Waals surface area contributed by atoms with E-state index in [0.717, 1.165) is 17.0 Å². The molecule has 0 aliphatic heterocycles. The molecule has 0 amide bonds. The van der Waals surface area contributed by atoms with Crippen LogP contribution in [0.2, 0.25) is 0 Å². The minimum absolute atomic E-state index is 0.0976. The second-order valence-electron chi connectivity index (χ2n) is 6.00. The van der Waals surface area contributed by atoms with Gasteiger partial charge in [-0.05, 0) is 43.0 Å². The third-order valence-corrected chi connectivity index (χ3v) is 4.79. The van der Waals surface area contributed by atoms with Crippen molar-refractivity contribution in [3.8, 4) is 0 Å². The average molecular weight is 385 g/mol. The van der Waals surface area contributed by atoms with Crippen molar-refractivity contribution in [3.05, 3.63) is 57.8 Å². The summed E-state index contributed by atoms with van der Waals surface area (Å²) in [6.07, 6.45) is -4.37. The molecular formula is C18H22F3N3OS. The highest BCUT2D eigenvalue weighted by molar-refractivity contribution is 7.10. The maximum Gasteiger partial charge on any atom is 0.416 e. The third kappa shape index (κ3) is 5.74. The Kier molecular flexibility index (Phi) is 6.66. The molecule has 0 bridgehead atoms. The lowest BCUT2D eigenvalue weighted by atomic mass is 10.1. The summed E-state index contributed by atoms with van der Waals surface area (Å²) < 4.78 is 38.4. The number of nitrogens with one attached hydrogen (secondary N) is 2. The molecule has 0 saturated heterocycles. The first-order valence-corrected chi connectivity index (χ1v) is 9.05. The van der Waals surface area contributed by atoms with Crippen molar-refractivity contribution in [1.82, 2.24) is 10.6 Å². The van der Waals surface area contributed by atoms with Crippen LogP contribution < -0.4 is 10.6 Å². The molecule has 1 aromatic heterocycles. The van der Waals surface area contributed by atoms with Gasteiger partial charge in [-0.3, -0.25) is 0 Å². The van der Waals surface area contributed by atoms with Gasteiger partial charge >= 0.3 is 6.18 Å². The van der Waals surface area contributed by atoms with E-state index in [0.29, 0.717) is 18.1 Å². The highest BCUT2D eigenvalue weighted by Gasteiger charge is 2.30. The van der Waals surface area contributed by atoms with Gasteiger partial charge in [0.1, 0.15) is 5.60 Å². The van der Waals surface area contributed by atoms with E-state index < -0.39 is 17.3 Å². The van der Waals surface area contributed by atoms with Crippen LogP contribution in [0.25, 0.3) is 0 Å². The predicted molar refractivity (Wildman–Crippen MR) is 98.2 cm³/mol. The van der Waals surface area contributed by atoms with Crippen molar-refractivity contribution < 1.29 is 18.3 Å². The van der Waals surface area contributed by atoms with Crippen LogP contribution in [0.4, 0.5) is 13.2 Å². The van der Waals surface area contributed by atoms with Crippen molar-refractivity contribution in [2.75, 3.05) is 13.1 Å². The monoisotopic (exact) mass is 385 g/mol. The van der Waals surface area contributed by atoms with Crippen LogP contribution in [-0.4, -0.2) is 24.2 Å². The summed E-state index contributed by atoms with van der Waals surface area (Å²) in [5.74, 6) is 0.432. The lowest BCUT2D eigenvalue weighted by molar-refractivity contribution is -0.137. The Labute approximate surface area is 154 Å². The molecular weight excluding hydrogens is 363 g/mol. The zero-order valence-corrected chi connectivity index (χ0v) is 15.4. The number of thiophene rings is 1. The van der Waals surface area contributed by atoms with E-state index in [4.69, 9.17) is 0 Å². The van der Waals surface area contributed by atoms with E-state index in [1.54, 1.807) is 13.0 Å².